The normalized spacial score (nSPS) is 12.7. The predicted octanol–water partition coefficient (Wildman–Crippen LogP) is 5.77. The largest absolute Gasteiger partial charge is 0.463 e. The summed E-state index contributed by atoms with van der Waals surface area (Å²) in [5, 5.41) is 0. The maximum absolute atomic E-state index is 12.6. The highest BCUT2D eigenvalue weighted by Gasteiger charge is 2.34. The maximum atomic E-state index is 12.6. The van der Waals surface area contributed by atoms with Crippen molar-refractivity contribution in [3.63, 3.8) is 0 Å². The lowest BCUT2D eigenvalue weighted by Crippen LogP contribution is -2.19. The summed E-state index contributed by atoms with van der Waals surface area (Å²) in [7, 11) is 0. The fourth-order valence-corrected chi connectivity index (χ4v) is 2.97. The minimum atomic E-state index is -4.50. The Morgan fingerprint density at radius 1 is 1.11 bits per heavy atom. The van der Waals surface area contributed by atoms with E-state index in [0.717, 1.165) is 6.07 Å². The summed E-state index contributed by atoms with van der Waals surface area (Å²) in [6, 6.07) is 5.42. The molecule has 0 N–H and O–H groups in total. The predicted molar refractivity (Wildman–Crippen MR) is 93.3 cm³/mol. The zero-order chi connectivity index (χ0) is 20.7. The molecule has 1 unspecified atom stereocenters. The molecular formula is C16H14ClF5N2O3S. The van der Waals surface area contributed by atoms with Gasteiger partial charge in [0.1, 0.15) is 5.75 Å². The van der Waals surface area contributed by atoms with Crippen molar-refractivity contribution < 1.29 is 36.2 Å². The first-order chi connectivity index (χ1) is 13.1. The number of ether oxygens (including phenoxy) is 3. The number of rotatable bonds is 9. The van der Waals surface area contributed by atoms with Gasteiger partial charge in [0, 0.05) is 36.7 Å². The van der Waals surface area contributed by atoms with E-state index in [1.807, 2.05) is 0 Å². The van der Waals surface area contributed by atoms with Crippen LogP contribution in [-0.4, -0.2) is 33.4 Å². The third kappa shape index (κ3) is 7.93. The van der Waals surface area contributed by atoms with Crippen molar-refractivity contribution in [3.05, 3.63) is 36.0 Å². The first kappa shape index (κ1) is 22.3. The van der Waals surface area contributed by atoms with Gasteiger partial charge in [0.2, 0.25) is 17.6 Å². The zero-order valence-corrected chi connectivity index (χ0v) is 15.8. The Morgan fingerprint density at radius 2 is 1.82 bits per heavy atom. The highest BCUT2D eigenvalue weighted by molar-refractivity contribution is 8.00. The maximum Gasteiger partial charge on any atom is 0.445 e. The van der Waals surface area contributed by atoms with Crippen molar-refractivity contribution >= 4 is 23.4 Å². The highest BCUT2D eigenvalue weighted by atomic mass is 35.5. The first-order valence-corrected chi connectivity index (χ1v) is 9.10. The molecule has 28 heavy (non-hydrogen) atoms. The molecule has 0 spiro atoms. The fraction of sp³-hybridized carbons (Fsp3) is 0.375. The summed E-state index contributed by atoms with van der Waals surface area (Å²) in [5.74, 6) is -0.407. The van der Waals surface area contributed by atoms with Gasteiger partial charge in [0.15, 0.2) is 5.44 Å². The number of aromatic nitrogens is 2. The van der Waals surface area contributed by atoms with Crippen LogP contribution in [0, 0.1) is 6.92 Å². The van der Waals surface area contributed by atoms with Gasteiger partial charge in [0.25, 0.3) is 0 Å². The third-order valence-corrected chi connectivity index (χ3v) is 4.00. The van der Waals surface area contributed by atoms with Crippen molar-refractivity contribution in [1.29, 1.82) is 0 Å². The molecule has 1 atom stereocenters. The van der Waals surface area contributed by atoms with Crippen LogP contribution in [0.25, 0.3) is 0 Å². The van der Waals surface area contributed by atoms with Gasteiger partial charge >= 0.3 is 12.1 Å². The number of aryl methyl sites for hydroxylation is 1. The second kappa shape index (κ2) is 9.97. The Hall–Kier alpha value is -2.01. The van der Waals surface area contributed by atoms with Crippen LogP contribution >= 0.6 is 23.4 Å². The summed E-state index contributed by atoms with van der Waals surface area (Å²) in [6.07, 6.45) is 1.13. The van der Waals surface area contributed by atoms with E-state index in [0.29, 0.717) is 5.56 Å². The summed E-state index contributed by atoms with van der Waals surface area (Å²) >= 11 is 5.20. The monoisotopic (exact) mass is 444 g/mol. The van der Waals surface area contributed by atoms with Crippen LogP contribution in [0.1, 0.15) is 12.0 Å². The molecule has 0 bridgehead atoms. The van der Waals surface area contributed by atoms with Crippen molar-refractivity contribution in [2.45, 2.75) is 30.9 Å². The number of hydrogen-bond donors (Lipinski definition) is 0. The lowest BCUT2D eigenvalue weighted by molar-refractivity contribution is -0.0529. The molecule has 2 aromatic heterocycles. The molecule has 0 aliphatic heterocycles. The van der Waals surface area contributed by atoms with Crippen LogP contribution in [-0.2, 0) is 0 Å². The van der Waals surface area contributed by atoms with Gasteiger partial charge in [-0.1, -0.05) is 0 Å². The molecule has 154 valence electrons. The molecule has 0 aromatic carbocycles. The lowest BCUT2D eigenvalue weighted by Gasteiger charge is -2.19. The van der Waals surface area contributed by atoms with Crippen LogP contribution in [0.2, 0.25) is 0 Å². The molecule has 0 fully saturated rings. The van der Waals surface area contributed by atoms with Crippen LogP contribution in [0.4, 0.5) is 22.0 Å². The third-order valence-electron chi connectivity index (χ3n) is 2.92. The number of pyridine rings is 2. The Kier molecular flexibility index (Phi) is 7.93. The van der Waals surface area contributed by atoms with Crippen molar-refractivity contribution in [1.82, 2.24) is 9.97 Å². The number of thioether (sulfide) groups is 1. The van der Waals surface area contributed by atoms with Crippen LogP contribution in [0.5, 0.6) is 23.4 Å². The molecule has 0 radical (unpaired) electrons. The summed E-state index contributed by atoms with van der Waals surface area (Å²) in [4.78, 5) is 7.60. The minimum Gasteiger partial charge on any atom is -0.463 e. The van der Waals surface area contributed by atoms with E-state index in [1.54, 1.807) is 6.92 Å². The number of hydrogen-bond acceptors (Lipinski definition) is 6. The average molecular weight is 445 g/mol. The lowest BCUT2D eigenvalue weighted by atomic mass is 10.3. The van der Waals surface area contributed by atoms with Gasteiger partial charge < -0.3 is 14.2 Å². The van der Waals surface area contributed by atoms with E-state index >= 15 is 0 Å². The van der Waals surface area contributed by atoms with E-state index in [4.69, 9.17) is 21.1 Å². The topological polar surface area (TPSA) is 53.5 Å². The van der Waals surface area contributed by atoms with Crippen molar-refractivity contribution in [2.75, 3.05) is 5.88 Å². The zero-order valence-electron chi connectivity index (χ0n) is 14.3. The van der Waals surface area contributed by atoms with Crippen molar-refractivity contribution in [2.24, 2.45) is 0 Å². The van der Waals surface area contributed by atoms with Gasteiger partial charge in [0.05, 0.1) is 0 Å². The molecule has 2 heterocycles. The van der Waals surface area contributed by atoms with E-state index in [1.165, 1.54) is 24.4 Å². The molecular weight excluding hydrogens is 431 g/mol. The van der Waals surface area contributed by atoms with E-state index in [2.05, 4.69) is 14.7 Å². The molecule has 0 saturated heterocycles. The number of nitrogens with zero attached hydrogens (tertiary/aromatic N) is 2. The Balaban J connectivity index is 2.16. The quantitative estimate of drug-likeness (QED) is 0.278. The molecule has 0 amide bonds. The van der Waals surface area contributed by atoms with Gasteiger partial charge in [-0.3, -0.25) is 0 Å². The van der Waals surface area contributed by atoms with Crippen molar-refractivity contribution in [3.8, 4) is 23.4 Å². The highest BCUT2D eigenvalue weighted by Crippen LogP contribution is 2.36. The molecule has 2 aromatic rings. The van der Waals surface area contributed by atoms with Gasteiger partial charge in [-0.05, 0) is 30.3 Å². The summed E-state index contributed by atoms with van der Waals surface area (Å²) < 4.78 is 77.3. The Labute approximate surface area is 166 Å². The fourth-order valence-electron chi connectivity index (χ4n) is 1.96. The second-order valence-electron chi connectivity index (χ2n) is 5.22. The van der Waals surface area contributed by atoms with Gasteiger partial charge in [-0.15, -0.1) is 11.6 Å². The molecule has 5 nitrogen and oxygen atoms in total. The van der Waals surface area contributed by atoms with E-state index < -0.39 is 17.6 Å². The molecule has 2 rings (SSSR count). The smallest absolute Gasteiger partial charge is 0.445 e. The van der Waals surface area contributed by atoms with Crippen LogP contribution < -0.4 is 14.2 Å². The van der Waals surface area contributed by atoms with Gasteiger partial charge in [-0.2, -0.15) is 26.9 Å². The van der Waals surface area contributed by atoms with E-state index in [9.17, 15) is 22.0 Å². The van der Waals surface area contributed by atoms with E-state index in [-0.39, 0.29) is 47.5 Å². The minimum absolute atomic E-state index is 0.00849. The van der Waals surface area contributed by atoms with Crippen LogP contribution in [0.15, 0.2) is 30.5 Å². The summed E-state index contributed by atoms with van der Waals surface area (Å²) in [5.41, 5.74) is -5.19. The molecule has 12 heteroatoms. The molecule has 0 aliphatic carbocycles. The second-order valence-corrected chi connectivity index (χ2v) is 6.82. The number of halogens is 6. The molecule has 0 saturated carbocycles. The van der Waals surface area contributed by atoms with Crippen LogP contribution in [0.3, 0.4) is 0 Å². The first-order valence-electron chi connectivity index (χ1n) is 7.69. The van der Waals surface area contributed by atoms with Gasteiger partial charge in [-0.25, -0.2) is 4.98 Å². The average Bonchev–Trinajstić information content (AvgIpc) is 2.52. The Bertz CT molecular complexity index is 782. The summed E-state index contributed by atoms with van der Waals surface area (Å²) in [6.45, 7) is -1.39. The Morgan fingerprint density at radius 3 is 2.46 bits per heavy atom. The standard InChI is InChI=1S/C16H14ClF5N2O3S/c1-9-6-12(25-10-3-5-23-11(8-10)27-15(18)19)24-13(7-9)26-14(2-4-17)28-16(20,21)22/h3,5-8,14-15H,2,4H2,1H3. The SMILES string of the molecule is Cc1cc(Oc2ccnc(OC(F)F)c2)nc(OC(CCCl)SC(F)(F)F)c1. The number of alkyl halides is 6. The molecule has 0 aliphatic rings.